The van der Waals surface area contributed by atoms with Crippen molar-refractivity contribution >= 4 is 21.4 Å². The first-order valence-electron chi connectivity index (χ1n) is 5.71. The number of benzene rings is 1. The van der Waals surface area contributed by atoms with Gasteiger partial charge in [-0.15, -0.1) is 0 Å². The zero-order chi connectivity index (χ0) is 14.6. The first-order valence-corrected chi connectivity index (χ1v) is 7.20. The minimum absolute atomic E-state index is 0.0619. The lowest BCUT2D eigenvalue weighted by molar-refractivity contribution is 0.601. The summed E-state index contributed by atoms with van der Waals surface area (Å²) >= 11 is 0. The molecule has 2 aromatic rings. The highest BCUT2D eigenvalue weighted by atomic mass is 32.2. The molecule has 0 aliphatic carbocycles. The summed E-state index contributed by atoms with van der Waals surface area (Å²) in [4.78, 5) is 3.89. The second-order valence-corrected chi connectivity index (χ2v) is 5.57. The molecular weight excluding hydrogens is 276 g/mol. The number of nitrogens with one attached hydrogen (secondary N) is 2. The maximum absolute atomic E-state index is 12.3. The first-order chi connectivity index (χ1) is 9.56. The Morgan fingerprint density at radius 1 is 1.20 bits per heavy atom. The predicted molar refractivity (Wildman–Crippen MR) is 75.7 cm³/mol. The number of hydrogen-bond acceptors (Lipinski definition) is 5. The molecule has 6 nitrogen and oxygen atoms in total. The van der Waals surface area contributed by atoms with E-state index in [4.69, 9.17) is 5.26 Å². The van der Waals surface area contributed by atoms with Crippen molar-refractivity contribution in [2.45, 2.75) is 4.90 Å². The van der Waals surface area contributed by atoms with Crippen molar-refractivity contribution in [2.75, 3.05) is 17.1 Å². The number of aromatic nitrogens is 1. The summed E-state index contributed by atoms with van der Waals surface area (Å²) in [5.74, 6) is 0. The molecule has 0 aliphatic rings. The Bertz CT molecular complexity index is 749. The van der Waals surface area contributed by atoms with E-state index in [0.29, 0.717) is 16.9 Å². The van der Waals surface area contributed by atoms with Crippen molar-refractivity contribution in [1.29, 1.82) is 5.26 Å². The monoisotopic (exact) mass is 288 g/mol. The fourth-order valence-electron chi connectivity index (χ4n) is 1.62. The molecule has 102 valence electrons. The van der Waals surface area contributed by atoms with Crippen LogP contribution in [0.3, 0.4) is 0 Å². The summed E-state index contributed by atoms with van der Waals surface area (Å²) in [6.07, 6.45) is 2.78. The number of anilines is 2. The lowest BCUT2D eigenvalue weighted by atomic mass is 10.2. The van der Waals surface area contributed by atoms with E-state index in [-0.39, 0.29) is 4.90 Å². The third-order valence-electron chi connectivity index (χ3n) is 2.61. The van der Waals surface area contributed by atoms with Crippen molar-refractivity contribution in [3.63, 3.8) is 0 Å². The van der Waals surface area contributed by atoms with Gasteiger partial charge in [0, 0.05) is 25.1 Å². The summed E-state index contributed by atoms with van der Waals surface area (Å²) in [6.45, 7) is 0. The van der Waals surface area contributed by atoms with Gasteiger partial charge in [0.05, 0.1) is 17.3 Å². The number of pyridine rings is 1. The van der Waals surface area contributed by atoms with E-state index in [1.54, 1.807) is 25.2 Å². The molecule has 0 fully saturated rings. The third-order valence-corrected chi connectivity index (χ3v) is 4.02. The SMILES string of the molecule is CNc1ccncc1S(=O)(=O)Nc1ccc(C#N)cc1. The molecule has 0 aliphatic heterocycles. The first kappa shape index (κ1) is 13.8. The van der Waals surface area contributed by atoms with E-state index in [9.17, 15) is 8.42 Å². The van der Waals surface area contributed by atoms with Crippen LogP contribution in [0.1, 0.15) is 5.56 Å². The van der Waals surface area contributed by atoms with Crippen LogP contribution in [0, 0.1) is 11.3 Å². The summed E-state index contributed by atoms with van der Waals surface area (Å²) in [5.41, 5.74) is 1.31. The van der Waals surface area contributed by atoms with Gasteiger partial charge in [-0.05, 0) is 30.3 Å². The van der Waals surface area contributed by atoms with Gasteiger partial charge in [0.1, 0.15) is 4.90 Å². The number of sulfonamides is 1. The lowest BCUT2D eigenvalue weighted by Gasteiger charge is -2.11. The van der Waals surface area contributed by atoms with Crippen LogP contribution in [0.2, 0.25) is 0 Å². The van der Waals surface area contributed by atoms with E-state index in [1.807, 2.05) is 6.07 Å². The molecule has 0 bridgehead atoms. The van der Waals surface area contributed by atoms with Crippen LogP contribution in [-0.2, 0) is 10.0 Å². The topological polar surface area (TPSA) is 94.9 Å². The van der Waals surface area contributed by atoms with Crippen LogP contribution < -0.4 is 10.0 Å². The molecule has 1 heterocycles. The van der Waals surface area contributed by atoms with E-state index < -0.39 is 10.0 Å². The molecule has 20 heavy (non-hydrogen) atoms. The van der Waals surface area contributed by atoms with Crippen LogP contribution in [0.25, 0.3) is 0 Å². The molecular formula is C13H12N4O2S. The highest BCUT2D eigenvalue weighted by Crippen LogP contribution is 2.22. The van der Waals surface area contributed by atoms with Gasteiger partial charge < -0.3 is 5.32 Å². The maximum Gasteiger partial charge on any atom is 0.265 e. The summed E-state index contributed by atoms with van der Waals surface area (Å²) in [5, 5.41) is 11.5. The summed E-state index contributed by atoms with van der Waals surface area (Å²) in [6, 6.07) is 9.70. The van der Waals surface area contributed by atoms with Gasteiger partial charge in [0.15, 0.2) is 0 Å². The third kappa shape index (κ3) is 2.87. The van der Waals surface area contributed by atoms with Crippen LogP contribution in [0.15, 0.2) is 47.6 Å². The van der Waals surface area contributed by atoms with Gasteiger partial charge in [0.25, 0.3) is 10.0 Å². The highest BCUT2D eigenvalue weighted by molar-refractivity contribution is 7.92. The van der Waals surface area contributed by atoms with Gasteiger partial charge in [0.2, 0.25) is 0 Å². The molecule has 0 atom stereocenters. The molecule has 2 N–H and O–H groups in total. The minimum Gasteiger partial charge on any atom is -0.387 e. The smallest absolute Gasteiger partial charge is 0.265 e. The quantitative estimate of drug-likeness (QED) is 0.894. The van der Waals surface area contributed by atoms with Gasteiger partial charge >= 0.3 is 0 Å². The fourth-order valence-corrected chi connectivity index (χ4v) is 2.84. The number of nitriles is 1. The van der Waals surface area contributed by atoms with Crippen molar-refractivity contribution in [3.8, 4) is 6.07 Å². The molecule has 7 heteroatoms. The highest BCUT2D eigenvalue weighted by Gasteiger charge is 2.18. The van der Waals surface area contributed by atoms with Crippen LogP contribution in [0.5, 0.6) is 0 Å². The Hall–Kier alpha value is -2.59. The molecule has 0 amide bonds. The van der Waals surface area contributed by atoms with Crippen LogP contribution in [0.4, 0.5) is 11.4 Å². The van der Waals surface area contributed by atoms with E-state index in [2.05, 4.69) is 15.0 Å². The molecule has 0 radical (unpaired) electrons. The van der Waals surface area contributed by atoms with Gasteiger partial charge in [-0.1, -0.05) is 0 Å². The number of hydrogen-bond donors (Lipinski definition) is 2. The molecule has 0 unspecified atom stereocenters. The van der Waals surface area contributed by atoms with Crippen molar-refractivity contribution in [2.24, 2.45) is 0 Å². The van der Waals surface area contributed by atoms with Gasteiger partial charge in [-0.2, -0.15) is 5.26 Å². The van der Waals surface area contributed by atoms with Crippen molar-refractivity contribution < 1.29 is 8.42 Å². The minimum atomic E-state index is -3.73. The second-order valence-electron chi connectivity index (χ2n) is 3.92. The normalized spacial score (nSPS) is 10.6. The standard InChI is InChI=1S/C13H12N4O2S/c1-15-12-6-7-16-9-13(12)20(18,19)17-11-4-2-10(8-14)3-5-11/h2-7,9,17H,1H3,(H,15,16). The lowest BCUT2D eigenvalue weighted by Crippen LogP contribution is -2.15. The van der Waals surface area contributed by atoms with E-state index >= 15 is 0 Å². The Morgan fingerprint density at radius 3 is 2.50 bits per heavy atom. The Balaban J connectivity index is 2.33. The van der Waals surface area contributed by atoms with Crippen molar-refractivity contribution in [3.05, 3.63) is 48.3 Å². The molecule has 1 aromatic heterocycles. The number of nitrogens with zero attached hydrogens (tertiary/aromatic N) is 2. The van der Waals surface area contributed by atoms with Crippen LogP contribution in [-0.4, -0.2) is 20.4 Å². The van der Waals surface area contributed by atoms with Gasteiger partial charge in [-0.25, -0.2) is 8.42 Å². The second kappa shape index (κ2) is 5.59. The molecule has 0 spiro atoms. The number of rotatable bonds is 4. The zero-order valence-corrected chi connectivity index (χ0v) is 11.5. The Labute approximate surface area is 117 Å². The van der Waals surface area contributed by atoms with Gasteiger partial charge in [-0.3, -0.25) is 9.71 Å². The van der Waals surface area contributed by atoms with Crippen LogP contribution >= 0.6 is 0 Å². The fraction of sp³-hybridized carbons (Fsp3) is 0.0769. The average Bonchev–Trinajstić information content (AvgIpc) is 2.47. The molecule has 0 saturated carbocycles. The molecule has 0 saturated heterocycles. The molecule has 2 rings (SSSR count). The zero-order valence-electron chi connectivity index (χ0n) is 10.7. The summed E-state index contributed by atoms with van der Waals surface area (Å²) in [7, 11) is -2.10. The van der Waals surface area contributed by atoms with E-state index in [1.165, 1.54) is 24.5 Å². The predicted octanol–water partition coefficient (Wildman–Crippen LogP) is 1.80. The van der Waals surface area contributed by atoms with E-state index in [0.717, 1.165) is 0 Å². The molecule has 1 aromatic carbocycles. The average molecular weight is 288 g/mol. The maximum atomic E-state index is 12.3. The summed E-state index contributed by atoms with van der Waals surface area (Å²) < 4.78 is 27.0. The Morgan fingerprint density at radius 2 is 1.90 bits per heavy atom. The largest absolute Gasteiger partial charge is 0.387 e. The Kier molecular flexibility index (Phi) is 3.86. The van der Waals surface area contributed by atoms with Crippen molar-refractivity contribution in [1.82, 2.24) is 4.98 Å².